The van der Waals surface area contributed by atoms with Crippen molar-refractivity contribution in [3.05, 3.63) is 35.4 Å². The first kappa shape index (κ1) is 11.3. The lowest BCUT2D eigenvalue weighted by Crippen LogP contribution is -2.26. The first-order chi connectivity index (χ1) is 8.29. The highest BCUT2D eigenvalue weighted by Gasteiger charge is 2.42. The quantitative estimate of drug-likeness (QED) is 0.840. The molecule has 17 heavy (non-hydrogen) atoms. The number of aryl methyl sites for hydroxylation is 1. The predicted molar refractivity (Wildman–Crippen MR) is 71.7 cm³/mol. The van der Waals surface area contributed by atoms with E-state index in [1.807, 2.05) is 0 Å². The molecule has 92 valence electrons. The van der Waals surface area contributed by atoms with Crippen LogP contribution in [0, 0.1) is 17.8 Å². The summed E-state index contributed by atoms with van der Waals surface area (Å²) in [6, 6.07) is 9.04. The summed E-state index contributed by atoms with van der Waals surface area (Å²) in [5, 5.41) is 0. The fourth-order valence-corrected chi connectivity index (χ4v) is 4.15. The summed E-state index contributed by atoms with van der Waals surface area (Å²) >= 11 is 0. The molecule has 2 aliphatic rings. The third-order valence-electron chi connectivity index (χ3n) is 5.05. The molecule has 4 atom stereocenters. The molecule has 1 nitrogen and oxygen atoms in total. The SMILES string of the molecule is CCc1ccccc1C(N)C1CC2CCC1C2. The highest BCUT2D eigenvalue weighted by Crippen LogP contribution is 2.52. The Morgan fingerprint density at radius 2 is 2.06 bits per heavy atom. The van der Waals surface area contributed by atoms with Crippen LogP contribution in [0.3, 0.4) is 0 Å². The number of fused-ring (bicyclic) bond motifs is 2. The van der Waals surface area contributed by atoms with Crippen molar-refractivity contribution in [2.24, 2.45) is 23.5 Å². The first-order valence-corrected chi connectivity index (χ1v) is 7.13. The summed E-state index contributed by atoms with van der Waals surface area (Å²) < 4.78 is 0. The second kappa shape index (κ2) is 4.45. The molecule has 0 aliphatic heterocycles. The van der Waals surface area contributed by atoms with Gasteiger partial charge in [-0.2, -0.15) is 0 Å². The Labute approximate surface area is 104 Å². The monoisotopic (exact) mass is 229 g/mol. The second-order valence-electron chi connectivity index (χ2n) is 5.92. The Morgan fingerprint density at radius 1 is 1.24 bits per heavy atom. The van der Waals surface area contributed by atoms with E-state index in [0.717, 1.165) is 24.2 Å². The number of nitrogens with two attached hydrogens (primary N) is 1. The lowest BCUT2D eigenvalue weighted by atomic mass is 9.79. The van der Waals surface area contributed by atoms with Crippen LogP contribution in [0.15, 0.2) is 24.3 Å². The van der Waals surface area contributed by atoms with E-state index in [0.29, 0.717) is 0 Å². The summed E-state index contributed by atoms with van der Waals surface area (Å²) in [5.41, 5.74) is 9.42. The smallest absolute Gasteiger partial charge is 0.0329 e. The molecule has 4 unspecified atom stereocenters. The van der Waals surface area contributed by atoms with Crippen LogP contribution in [-0.4, -0.2) is 0 Å². The minimum absolute atomic E-state index is 0.279. The molecule has 0 heterocycles. The van der Waals surface area contributed by atoms with Crippen molar-refractivity contribution in [3.8, 4) is 0 Å². The molecular weight excluding hydrogens is 206 g/mol. The second-order valence-corrected chi connectivity index (χ2v) is 5.92. The zero-order valence-corrected chi connectivity index (χ0v) is 10.7. The van der Waals surface area contributed by atoms with Crippen LogP contribution in [0.5, 0.6) is 0 Å². The normalized spacial score (nSPS) is 32.9. The van der Waals surface area contributed by atoms with Gasteiger partial charge in [0.05, 0.1) is 0 Å². The summed E-state index contributed by atoms with van der Waals surface area (Å²) in [4.78, 5) is 0. The molecule has 3 rings (SSSR count). The van der Waals surface area contributed by atoms with Crippen LogP contribution in [0.4, 0.5) is 0 Å². The third kappa shape index (κ3) is 1.91. The maximum atomic E-state index is 6.56. The van der Waals surface area contributed by atoms with Crippen molar-refractivity contribution in [2.45, 2.75) is 45.1 Å². The van der Waals surface area contributed by atoms with Crippen LogP contribution in [0.25, 0.3) is 0 Å². The van der Waals surface area contributed by atoms with Crippen molar-refractivity contribution in [1.82, 2.24) is 0 Å². The minimum atomic E-state index is 0.279. The van der Waals surface area contributed by atoms with Gasteiger partial charge in [-0.05, 0) is 54.6 Å². The fourth-order valence-electron chi connectivity index (χ4n) is 4.15. The van der Waals surface area contributed by atoms with E-state index in [2.05, 4.69) is 31.2 Å². The average molecular weight is 229 g/mol. The lowest BCUT2D eigenvalue weighted by Gasteiger charge is -2.29. The number of benzene rings is 1. The molecule has 0 saturated heterocycles. The Morgan fingerprint density at radius 3 is 2.71 bits per heavy atom. The van der Waals surface area contributed by atoms with E-state index in [1.165, 1.54) is 36.8 Å². The zero-order valence-electron chi connectivity index (χ0n) is 10.7. The molecule has 0 amide bonds. The summed E-state index contributed by atoms with van der Waals surface area (Å²) in [6.07, 6.45) is 6.82. The highest BCUT2D eigenvalue weighted by molar-refractivity contribution is 5.30. The maximum absolute atomic E-state index is 6.56. The van der Waals surface area contributed by atoms with Gasteiger partial charge in [0, 0.05) is 6.04 Å². The number of hydrogen-bond acceptors (Lipinski definition) is 1. The Bertz CT molecular complexity index is 398. The predicted octanol–water partition coefficient (Wildman–Crippen LogP) is 3.69. The van der Waals surface area contributed by atoms with Gasteiger partial charge in [-0.1, -0.05) is 37.6 Å². The Hall–Kier alpha value is -0.820. The zero-order chi connectivity index (χ0) is 11.8. The molecule has 0 spiro atoms. The maximum Gasteiger partial charge on any atom is 0.0329 e. The van der Waals surface area contributed by atoms with Gasteiger partial charge in [0.2, 0.25) is 0 Å². The van der Waals surface area contributed by atoms with E-state index in [9.17, 15) is 0 Å². The van der Waals surface area contributed by atoms with Gasteiger partial charge in [-0.3, -0.25) is 0 Å². The van der Waals surface area contributed by atoms with Gasteiger partial charge in [0.25, 0.3) is 0 Å². The Balaban J connectivity index is 1.84. The van der Waals surface area contributed by atoms with E-state index < -0.39 is 0 Å². The molecule has 2 aliphatic carbocycles. The van der Waals surface area contributed by atoms with Crippen LogP contribution in [0.1, 0.15) is 49.8 Å². The van der Waals surface area contributed by atoms with Gasteiger partial charge >= 0.3 is 0 Å². The molecule has 1 aromatic rings. The number of hydrogen-bond donors (Lipinski definition) is 1. The summed E-state index contributed by atoms with van der Waals surface area (Å²) in [5.74, 6) is 2.66. The standard InChI is InChI=1S/C16H23N/c1-2-12-5-3-4-6-14(12)16(17)15-10-11-7-8-13(15)9-11/h3-6,11,13,15-16H,2,7-10,17H2,1H3. The molecule has 1 heteroatoms. The van der Waals surface area contributed by atoms with Crippen LogP contribution >= 0.6 is 0 Å². The summed E-state index contributed by atoms with van der Waals surface area (Å²) in [7, 11) is 0. The highest BCUT2D eigenvalue weighted by atomic mass is 14.7. The summed E-state index contributed by atoms with van der Waals surface area (Å²) in [6.45, 7) is 2.23. The first-order valence-electron chi connectivity index (χ1n) is 7.13. The van der Waals surface area contributed by atoms with Crippen molar-refractivity contribution < 1.29 is 0 Å². The topological polar surface area (TPSA) is 26.0 Å². The lowest BCUT2D eigenvalue weighted by molar-refractivity contribution is 0.284. The van der Waals surface area contributed by atoms with Crippen molar-refractivity contribution >= 4 is 0 Å². The van der Waals surface area contributed by atoms with Crippen molar-refractivity contribution in [3.63, 3.8) is 0 Å². The van der Waals surface area contributed by atoms with Gasteiger partial charge in [0.15, 0.2) is 0 Å². The molecule has 2 N–H and O–H groups in total. The van der Waals surface area contributed by atoms with Crippen LogP contribution in [0.2, 0.25) is 0 Å². The average Bonchev–Trinajstić information content (AvgIpc) is 3.00. The van der Waals surface area contributed by atoms with Gasteiger partial charge in [0.1, 0.15) is 0 Å². The van der Waals surface area contributed by atoms with Crippen molar-refractivity contribution in [1.29, 1.82) is 0 Å². The van der Waals surface area contributed by atoms with Gasteiger partial charge in [-0.15, -0.1) is 0 Å². The molecule has 2 saturated carbocycles. The van der Waals surface area contributed by atoms with E-state index >= 15 is 0 Å². The van der Waals surface area contributed by atoms with E-state index in [1.54, 1.807) is 0 Å². The third-order valence-corrected chi connectivity index (χ3v) is 5.05. The van der Waals surface area contributed by atoms with E-state index in [-0.39, 0.29) is 6.04 Å². The van der Waals surface area contributed by atoms with Gasteiger partial charge < -0.3 is 5.73 Å². The fraction of sp³-hybridized carbons (Fsp3) is 0.625. The van der Waals surface area contributed by atoms with Crippen molar-refractivity contribution in [2.75, 3.05) is 0 Å². The molecule has 2 fully saturated rings. The largest absolute Gasteiger partial charge is 0.324 e. The molecular formula is C16H23N. The Kier molecular flexibility index (Phi) is 2.96. The van der Waals surface area contributed by atoms with Crippen LogP contribution in [-0.2, 0) is 6.42 Å². The molecule has 0 radical (unpaired) electrons. The molecule has 1 aromatic carbocycles. The molecule has 2 bridgehead atoms. The van der Waals surface area contributed by atoms with Crippen LogP contribution < -0.4 is 5.73 Å². The molecule has 0 aromatic heterocycles. The minimum Gasteiger partial charge on any atom is -0.324 e. The number of rotatable bonds is 3. The van der Waals surface area contributed by atoms with E-state index in [4.69, 9.17) is 5.73 Å². The van der Waals surface area contributed by atoms with Gasteiger partial charge in [-0.25, -0.2) is 0 Å².